The molecule has 3 rings (SSSR count). The van der Waals surface area contributed by atoms with E-state index in [1.807, 2.05) is 5.51 Å². The topological polar surface area (TPSA) is 50.6 Å². The summed E-state index contributed by atoms with van der Waals surface area (Å²) in [6, 6.07) is 4.22. The Hall–Kier alpha value is -1.70. The van der Waals surface area contributed by atoms with Gasteiger partial charge in [-0.15, -0.1) is 11.3 Å². The lowest BCUT2D eigenvalue weighted by atomic mass is 10.3. The monoisotopic (exact) mass is 348 g/mol. The van der Waals surface area contributed by atoms with Crippen LogP contribution in [0.25, 0.3) is 0 Å². The van der Waals surface area contributed by atoms with Gasteiger partial charge in [-0.25, -0.2) is 4.98 Å². The van der Waals surface area contributed by atoms with Gasteiger partial charge in [0.1, 0.15) is 6.61 Å². The summed E-state index contributed by atoms with van der Waals surface area (Å²) in [5, 5.41) is 0. The highest BCUT2D eigenvalue weighted by molar-refractivity contribution is 7.09. The van der Waals surface area contributed by atoms with Crippen molar-refractivity contribution in [3.8, 4) is 0 Å². The van der Waals surface area contributed by atoms with Crippen LogP contribution in [0.4, 0.5) is 0 Å². The first-order valence-electron chi connectivity index (χ1n) is 8.10. The summed E-state index contributed by atoms with van der Waals surface area (Å²) in [6.45, 7) is 5.51. The standard InChI is InChI=1S/C17H24N4O2S/c1-13-16(24-12-18-13)10-20-7-14-5-4-6-21(14)9-15(8-20)23-11-17(22)19(2)3/h4-6,12,15H,7-11H2,1-3H3. The first-order valence-corrected chi connectivity index (χ1v) is 8.98. The molecule has 0 saturated carbocycles. The van der Waals surface area contributed by atoms with Gasteiger partial charge in [0.05, 0.1) is 17.3 Å². The molecule has 6 nitrogen and oxygen atoms in total. The highest BCUT2D eigenvalue weighted by Gasteiger charge is 2.23. The SMILES string of the molecule is Cc1ncsc1CN1Cc2cccn2CC(OCC(=O)N(C)C)C1. The van der Waals surface area contributed by atoms with Crippen molar-refractivity contribution >= 4 is 17.2 Å². The summed E-state index contributed by atoms with van der Waals surface area (Å²) in [5.74, 6) is -0.00294. The summed E-state index contributed by atoms with van der Waals surface area (Å²) in [6.07, 6.45) is 2.08. The Morgan fingerprint density at radius 3 is 3.00 bits per heavy atom. The van der Waals surface area contributed by atoms with E-state index in [0.717, 1.165) is 31.9 Å². The number of carbonyl (C=O) groups excluding carboxylic acids is 1. The number of amides is 1. The second-order valence-electron chi connectivity index (χ2n) is 6.40. The molecule has 0 fully saturated rings. The largest absolute Gasteiger partial charge is 0.365 e. The van der Waals surface area contributed by atoms with Gasteiger partial charge in [-0.3, -0.25) is 9.69 Å². The number of rotatable bonds is 5. The van der Waals surface area contributed by atoms with E-state index >= 15 is 0 Å². The molecule has 1 unspecified atom stereocenters. The van der Waals surface area contributed by atoms with Crippen LogP contribution in [-0.2, 0) is 29.2 Å². The van der Waals surface area contributed by atoms with Crippen LogP contribution in [0.5, 0.6) is 0 Å². The van der Waals surface area contributed by atoms with Crippen molar-refractivity contribution in [2.24, 2.45) is 0 Å². The molecule has 1 atom stereocenters. The highest BCUT2D eigenvalue weighted by Crippen LogP contribution is 2.20. The zero-order chi connectivity index (χ0) is 17.1. The summed E-state index contributed by atoms with van der Waals surface area (Å²) < 4.78 is 8.15. The van der Waals surface area contributed by atoms with E-state index in [1.54, 1.807) is 30.3 Å². The fourth-order valence-electron chi connectivity index (χ4n) is 2.86. The Balaban J connectivity index is 1.70. The van der Waals surface area contributed by atoms with E-state index < -0.39 is 0 Å². The zero-order valence-corrected chi connectivity index (χ0v) is 15.3. The molecule has 0 radical (unpaired) electrons. The number of nitrogens with zero attached hydrogens (tertiary/aromatic N) is 4. The Kier molecular flexibility index (Phi) is 5.33. The molecule has 0 aromatic carbocycles. The average Bonchev–Trinajstić information content (AvgIpc) is 3.10. The van der Waals surface area contributed by atoms with E-state index in [-0.39, 0.29) is 18.6 Å². The normalized spacial score (nSPS) is 18.2. The smallest absolute Gasteiger partial charge is 0.248 e. The number of carbonyl (C=O) groups is 1. The predicted molar refractivity (Wildman–Crippen MR) is 93.8 cm³/mol. The number of hydrogen-bond donors (Lipinski definition) is 0. The number of aromatic nitrogens is 2. The number of aryl methyl sites for hydroxylation is 1. The predicted octanol–water partition coefficient (Wildman–Crippen LogP) is 1.74. The van der Waals surface area contributed by atoms with Gasteiger partial charge in [0.25, 0.3) is 0 Å². The van der Waals surface area contributed by atoms with E-state index in [9.17, 15) is 4.79 Å². The maximum absolute atomic E-state index is 11.8. The third-order valence-electron chi connectivity index (χ3n) is 4.32. The molecule has 1 amide bonds. The molecule has 24 heavy (non-hydrogen) atoms. The van der Waals surface area contributed by atoms with Gasteiger partial charge in [0.15, 0.2) is 0 Å². The molecule has 130 valence electrons. The van der Waals surface area contributed by atoms with Gasteiger partial charge >= 0.3 is 0 Å². The maximum Gasteiger partial charge on any atom is 0.248 e. The van der Waals surface area contributed by atoms with Crippen LogP contribution in [-0.4, -0.2) is 58.6 Å². The van der Waals surface area contributed by atoms with Crippen LogP contribution >= 0.6 is 11.3 Å². The number of thiazole rings is 1. The zero-order valence-electron chi connectivity index (χ0n) is 14.4. The van der Waals surface area contributed by atoms with E-state index in [1.165, 1.54) is 10.6 Å². The number of fused-ring (bicyclic) bond motifs is 1. The summed E-state index contributed by atoms with van der Waals surface area (Å²) in [5.41, 5.74) is 4.27. The van der Waals surface area contributed by atoms with Crippen LogP contribution in [0.15, 0.2) is 23.8 Å². The number of likely N-dealkylation sites (N-methyl/N-ethyl adjacent to an activating group) is 1. The van der Waals surface area contributed by atoms with Gasteiger partial charge < -0.3 is 14.2 Å². The fraction of sp³-hybridized carbons (Fsp3) is 0.529. The molecule has 0 N–H and O–H groups in total. The van der Waals surface area contributed by atoms with E-state index in [0.29, 0.717) is 0 Å². The van der Waals surface area contributed by atoms with Crippen LogP contribution in [0.3, 0.4) is 0 Å². The maximum atomic E-state index is 11.8. The Labute approximate surface area is 146 Å². The Bertz CT molecular complexity index is 694. The second-order valence-corrected chi connectivity index (χ2v) is 7.34. The molecule has 2 aromatic heterocycles. The van der Waals surface area contributed by atoms with Crippen molar-refractivity contribution in [1.82, 2.24) is 19.4 Å². The number of ether oxygens (including phenoxy) is 1. The third-order valence-corrected chi connectivity index (χ3v) is 5.24. The molecule has 2 aromatic rings. The second kappa shape index (κ2) is 7.46. The molecule has 1 aliphatic rings. The molecule has 3 heterocycles. The minimum Gasteiger partial charge on any atom is -0.365 e. The lowest BCUT2D eigenvalue weighted by Gasteiger charge is -2.24. The Morgan fingerprint density at radius 1 is 1.46 bits per heavy atom. The van der Waals surface area contributed by atoms with Crippen molar-refractivity contribution in [2.45, 2.75) is 32.7 Å². The van der Waals surface area contributed by atoms with Crippen LogP contribution < -0.4 is 0 Å². The molecule has 0 aliphatic carbocycles. The molecule has 0 saturated heterocycles. The van der Waals surface area contributed by atoms with Crippen LogP contribution in [0.1, 0.15) is 16.3 Å². The van der Waals surface area contributed by atoms with Gasteiger partial charge in [-0.1, -0.05) is 0 Å². The van der Waals surface area contributed by atoms with E-state index in [4.69, 9.17) is 4.74 Å². The number of hydrogen-bond acceptors (Lipinski definition) is 5. The van der Waals surface area contributed by atoms with Crippen molar-refractivity contribution in [3.63, 3.8) is 0 Å². The molecule has 7 heteroatoms. The van der Waals surface area contributed by atoms with Gasteiger partial charge in [-0.2, -0.15) is 0 Å². The minimum absolute atomic E-state index is 0.00294. The molecule has 0 bridgehead atoms. The van der Waals surface area contributed by atoms with E-state index in [2.05, 4.69) is 39.7 Å². The fourth-order valence-corrected chi connectivity index (χ4v) is 3.67. The van der Waals surface area contributed by atoms with Crippen LogP contribution in [0, 0.1) is 6.92 Å². The van der Waals surface area contributed by atoms with Crippen molar-refractivity contribution in [2.75, 3.05) is 27.2 Å². The quantitative estimate of drug-likeness (QED) is 0.826. The van der Waals surface area contributed by atoms with Crippen LogP contribution in [0.2, 0.25) is 0 Å². The van der Waals surface area contributed by atoms with Gasteiger partial charge in [-0.05, 0) is 19.1 Å². The molecule has 1 aliphatic heterocycles. The van der Waals surface area contributed by atoms with Crippen molar-refractivity contribution in [3.05, 3.63) is 40.1 Å². The average molecular weight is 348 g/mol. The first-order chi connectivity index (χ1) is 11.5. The van der Waals surface area contributed by atoms with Crippen molar-refractivity contribution in [1.29, 1.82) is 0 Å². The summed E-state index contributed by atoms with van der Waals surface area (Å²) >= 11 is 1.70. The van der Waals surface area contributed by atoms with Gasteiger partial charge in [0, 0.05) is 57.0 Å². The summed E-state index contributed by atoms with van der Waals surface area (Å²) in [7, 11) is 3.50. The lowest BCUT2D eigenvalue weighted by molar-refractivity contribution is -0.136. The summed E-state index contributed by atoms with van der Waals surface area (Å²) in [4.78, 5) is 21.4. The lowest BCUT2D eigenvalue weighted by Crippen LogP contribution is -2.36. The molecule has 0 spiro atoms. The minimum atomic E-state index is -0.00391. The molecular weight excluding hydrogens is 324 g/mol. The van der Waals surface area contributed by atoms with Gasteiger partial charge in [0.2, 0.25) is 5.91 Å². The molecular formula is C17H24N4O2S. The highest BCUT2D eigenvalue weighted by atomic mass is 32.1. The third kappa shape index (κ3) is 4.03. The Morgan fingerprint density at radius 2 is 2.29 bits per heavy atom. The first kappa shape index (κ1) is 17.1. The van der Waals surface area contributed by atoms with Crippen molar-refractivity contribution < 1.29 is 9.53 Å².